The Balaban J connectivity index is 1.57. The van der Waals surface area contributed by atoms with E-state index in [-0.39, 0.29) is 5.82 Å². The first-order valence-electron chi connectivity index (χ1n) is 9.04. The molecule has 0 fully saturated rings. The Morgan fingerprint density at radius 1 is 0.963 bits per heavy atom. The molecule has 2 aromatic heterocycles. The molecule has 6 heteroatoms. The molecular formula is C21H24FN5. The van der Waals surface area contributed by atoms with E-state index in [9.17, 15) is 4.39 Å². The highest BCUT2D eigenvalue weighted by Crippen LogP contribution is 2.14. The maximum absolute atomic E-state index is 13.0. The third kappa shape index (κ3) is 5.74. The van der Waals surface area contributed by atoms with Gasteiger partial charge in [-0.1, -0.05) is 12.1 Å². The van der Waals surface area contributed by atoms with Gasteiger partial charge in [-0.05, 0) is 55.2 Å². The number of hydrogen-bond donors (Lipinski definition) is 1. The molecule has 2 heterocycles. The van der Waals surface area contributed by atoms with Gasteiger partial charge in [-0.25, -0.2) is 9.37 Å². The molecule has 0 aliphatic heterocycles. The Labute approximate surface area is 159 Å². The lowest BCUT2D eigenvalue weighted by atomic mass is 10.1. The molecule has 1 aromatic carbocycles. The normalized spacial score (nSPS) is 10.6. The van der Waals surface area contributed by atoms with Crippen LogP contribution in [0.3, 0.4) is 0 Å². The second-order valence-corrected chi connectivity index (χ2v) is 6.52. The van der Waals surface area contributed by atoms with E-state index >= 15 is 0 Å². The van der Waals surface area contributed by atoms with Crippen molar-refractivity contribution in [2.45, 2.75) is 19.8 Å². The molecule has 5 nitrogen and oxygen atoms in total. The summed E-state index contributed by atoms with van der Waals surface area (Å²) < 4.78 is 13.0. The van der Waals surface area contributed by atoms with Crippen molar-refractivity contribution in [2.75, 3.05) is 30.4 Å². The van der Waals surface area contributed by atoms with Gasteiger partial charge >= 0.3 is 0 Å². The first-order chi connectivity index (χ1) is 13.1. The fraction of sp³-hybridized carbons (Fsp3) is 0.286. The first kappa shape index (κ1) is 18.8. The van der Waals surface area contributed by atoms with Gasteiger partial charge in [-0.2, -0.15) is 4.98 Å². The number of benzene rings is 1. The molecule has 27 heavy (non-hydrogen) atoms. The van der Waals surface area contributed by atoms with Gasteiger partial charge in [0.1, 0.15) is 11.6 Å². The molecule has 140 valence electrons. The minimum absolute atomic E-state index is 0.211. The molecule has 0 spiro atoms. The number of rotatable bonds is 8. The van der Waals surface area contributed by atoms with E-state index in [0.29, 0.717) is 5.95 Å². The summed E-state index contributed by atoms with van der Waals surface area (Å²) in [6, 6.07) is 12.6. The predicted octanol–water partition coefficient (Wildman–Crippen LogP) is 3.65. The van der Waals surface area contributed by atoms with Crippen molar-refractivity contribution in [3.8, 4) is 0 Å². The average molecular weight is 365 g/mol. The number of anilines is 2. The topological polar surface area (TPSA) is 53.9 Å². The smallest absolute Gasteiger partial charge is 0.227 e. The summed E-state index contributed by atoms with van der Waals surface area (Å²) in [6.07, 6.45) is 5.32. The Kier molecular flexibility index (Phi) is 6.30. The zero-order valence-corrected chi connectivity index (χ0v) is 15.7. The van der Waals surface area contributed by atoms with Gasteiger partial charge in [0.05, 0.1) is 0 Å². The summed E-state index contributed by atoms with van der Waals surface area (Å²) in [5.74, 6) is 1.29. The van der Waals surface area contributed by atoms with Crippen LogP contribution >= 0.6 is 0 Å². The van der Waals surface area contributed by atoms with Crippen molar-refractivity contribution in [1.29, 1.82) is 0 Å². The van der Waals surface area contributed by atoms with Crippen LogP contribution in [0.4, 0.5) is 16.2 Å². The van der Waals surface area contributed by atoms with Crippen LogP contribution in [0.15, 0.2) is 54.9 Å². The molecule has 3 aromatic rings. The van der Waals surface area contributed by atoms with Crippen molar-refractivity contribution in [1.82, 2.24) is 15.0 Å². The van der Waals surface area contributed by atoms with Crippen LogP contribution in [-0.2, 0) is 12.8 Å². The molecule has 1 N–H and O–H groups in total. The zero-order chi connectivity index (χ0) is 19.1. The standard InChI is InChI=1S/C21H24FN5/c1-16-15-20(24-13-9-17-3-5-19(22)6-4-17)26-21(25-16)27(2)14-10-18-7-11-23-12-8-18/h3-8,11-12,15H,9-10,13-14H2,1-2H3,(H,24,25,26). The lowest BCUT2D eigenvalue weighted by Crippen LogP contribution is -2.23. The van der Waals surface area contributed by atoms with Gasteiger partial charge in [-0.3, -0.25) is 4.98 Å². The number of pyridine rings is 1. The minimum atomic E-state index is -0.211. The summed E-state index contributed by atoms with van der Waals surface area (Å²) in [5.41, 5.74) is 3.24. The van der Waals surface area contributed by atoms with Crippen LogP contribution < -0.4 is 10.2 Å². The van der Waals surface area contributed by atoms with Gasteiger partial charge < -0.3 is 10.2 Å². The number of nitrogens with one attached hydrogen (secondary N) is 1. The van der Waals surface area contributed by atoms with Crippen molar-refractivity contribution in [3.63, 3.8) is 0 Å². The molecule has 0 saturated heterocycles. The first-order valence-corrected chi connectivity index (χ1v) is 9.04. The Morgan fingerprint density at radius 3 is 2.41 bits per heavy atom. The van der Waals surface area contributed by atoms with E-state index in [4.69, 9.17) is 0 Å². The van der Waals surface area contributed by atoms with Crippen LogP contribution in [0.25, 0.3) is 0 Å². The Bertz CT molecular complexity index is 852. The van der Waals surface area contributed by atoms with Crippen LogP contribution in [-0.4, -0.2) is 35.1 Å². The second kappa shape index (κ2) is 9.07. The number of halogens is 1. The van der Waals surface area contributed by atoms with Gasteiger partial charge in [-0.15, -0.1) is 0 Å². The summed E-state index contributed by atoms with van der Waals surface area (Å²) in [5, 5.41) is 3.34. The molecule has 0 unspecified atom stereocenters. The zero-order valence-electron chi connectivity index (χ0n) is 15.7. The Hall–Kier alpha value is -3.02. The van der Waals surface area contributed by atoms with Crippen molar-refractivity contribution in [2.24, 2.45) is 0 Å². The molecule has 0 aliphatic carbocycles. The SMILES string of the molecule is Cc1cc(NCCc2ccc(F)cc2)nc(N(C)CCc2ccncc2)n1. The molecule has 0 atom stereocenters. The van der Waals surface area contributed by atoms with Gasteiger partial charge in [0, 0.05) is 44.3 Å². The number of aromatic nitrogens is 3. The lowest BCUT2D eigenvalue weighted by Gasteiger charge is -2.18. The Morgan fingerprint density at radius 2 is 1.67 bits per heavy atom. The maximum atomic E-state index is 13.0. The third-order valence-corrected chi connectivity index (χ3v) is 4.30. The summed E-state index contributed by atoms with van der Waals surface area (Å²) >= 11 is 0. The quantitative estimate of drug-likeness (QED) is 0.660. The van der Waals surface area contributed by atoms with E-state index < -0.39 is 0 Å². The molecule has 0 amide bonds. The molecule has 0 saturated carbocycles. The van der Waals surface area contributed by atoms with Crippen molar-refractivity contribution in [3.05, 3.63) is 77.5 Å². The molecular weight excluding hydrogens is 341 g/mol. The van der Waals surface area contributed by atoms with Crippen molar-refractivity contribution < 1.29 is 4.39 Å². The fourth-order valence-corrected chi connectivity index (χ4v) is 2.75. The molecule has 0 bridgehead atoms. The van der Waals surface area contributed by atoms with Crippen LogP contribution in [0.5, 0.6) is 0 Å². The highest BCUT2D eigenvalue weighted by atomic mass is 19.1. The van der Waals surface area contributed by atoms with E-state index in [0.717, 1.165) is 43.0 Å². The van der Waals surface area contributed by atoms with E-state index in [1.54, 1.807) is 12.1 Å². The van der Waals surface area contributed by atoms with Gasteiger partial charge in [0.15, 0.2) is 0 Å². The average Bonchev–Trinajstić information content (AvgIpc) is 2.68. The van der Waals surface area contributed by atoms with E-state index in [2.05, 4.69) is 25.2 Å². The van der Waals surface area contributed by atoms with Gasteiger partial charge in [0.25, 0.3) is 0 Å². The largest absolute Gasteiger partial charge is 0.370 e. The summed E-state index contributed by atoms with van der Waals surface area (Å²) in [6.45, 7) is 3.51. The van der Waals surface area contributed by atoms with E-state index in [1.165, 1.54) is 17.7 Å². The van der Waals surface area contributed by atoms with Crippen LogP contribution in [0.1, 0.15) is 16.8 Å². The van der Waals surface area contributed by atoms with Gasteiger partial charge in [0.2, 0.25) is 5.95 Å². The highest BCUT2D eigenvalue weighted by Gasteiger charge is 2.08. The fourth-order valence-electron chi connectivity index (χ4n) is 2.75. The number of hydrogen-bond acceptors (Lipinski definition) is 5. The number of likely N-dealkylation sites (N-methyl/N-ethyl adjacent to an activating group) is 1. The second-order valence-electron chi connectivity index (χ2n) is 6.52. The van der Waals surface area contributed by atoms with E-state index in [1.807, 2.05) is 44.6 Å². The monoisotopic (exact) mass is 365 g/mol. The molecule has 3 rings (SSSR count). The molecule has 0 radical (unpaired) electrons. The van der Waals surface area contributed by atoms with Crippen LogP contribution in [0, 0.1) is 12.7 Å². The highest BCUT2D eigenvalue weighted by molar-refractivity contribution is 5.43. The summed E-state index contributed by atoms with van der Waals surface area (Å²) in [4.78, 5) is 15.3. The summed E-state index contributed by atoms with van der Waals surface area (Å²) in [7, 11) is 2.00. The third-order valence-electron chi connectivity index (χ3n) is 4.30. The predicted molar refractivity (Wildman–Crippen MR) is 107 cm³/mol. The van der Waals surface area contributed by atoms with Crippen LogP contribution in [0.2, 0.25) is 0 Å². The number of nitrogens with zero attached hydrogens (tertiary/aromatic N) is 4. The van der Waals surface area contributed by atoms with Crippen molar-refractivity contribution >= 4 is 11.8 Å². The number of aryl methyl sites for hydroxylation is 1. The molecule has 0 aliphatic rings. The lowest BCUT2D eigenvalue weighted by molar-refractivity contribution is 0.627. The minimum Gasteiger partial charge on any atom is -0.370 e. The maximum Gasteiger partial charge on any atom is 0.227 e.